The molecule has 0 radical (unpaired) electrons. The van der Waals surface area contributed by atoms with Crippen molar-refractivity contribution in [2.45, 2.75) is 18.4 Å². The lowest BCUT2D eigenvalue weighted by molar-refractivity contribution is -0.122. The van der Waals surface area contributed by atoms with E-state index in [1.54, 1.807) is 48.5 Å². The fourth-order valence-corrected chi connectivity index (χ4v) is 5.11. The maximum Gasteiger partial charge on any atom is 0.339 e. The second-order valence-electron chi connectivity index (χ2n) is 9.26. The molecule has 0 saturated carbocycles. The molecule has 0 spiro atoms. The number of aryl methyl sites for hydroxylation is 1. The van der Waals surface area contributed by atoms with Crippen LogP contribution in [0.3, 0.4) is 0 Å². The summed E-state index contributed by atoms with van der Waals surface area (Å²) in [4.78, 5) is 39.5. The van der Waals surface area contributed by atoms with Gasteiger partial charge >= 0.3 is 16.1 Å². The van der Waals surface area contributed by atoms with Gasteiger partial charge in [0.05, 0.1) is 5.69 Å². The summed E-state index contributed by atoms with van der Waals surface area (Å²) in [6.45, 7) is 2.10. The summed E-state index contributed by atoms with van der Waals surface area (Å²) in [6.07, 6.45) is 1.18. The lowest BCUT2D eigenvalue weighted by atomic mass is 10.1. The van der Waals surface area contributed by atoms with Crippen molar-refractivity contribution in [3.05, 3.63) is 124 Å². The number of carbonyl (C=O) groups is 3. The predicted octanol–water partition coefficient (Wildman–Crippen LogP) is 5.66. The zero-order chi connectivity index (χ0) is 29.9. The number of para-hydroxylation sites is 1. The molecule has 1 N–H and O–H groups in total. The van der Waals surface area contributed by atoms with Gasteiger partial charge in [0, 0.05) is 10.6 Å². The van der Waals surface area contributed by atoms with Crippen molar-refractivity contribution in [3.8, 4) is 11.5 Å². The first kappa shape index (κ1) is 28.6. The number of halogens is 1. The van der Waals surface area contributed by atoms with Crippen LogP contribution in [-0.4, -0.2) is 26.3 Å². The standard InChI is InChI=1S/C31H23ClN2O7S/c1-20-6-16-26(17-7-20)42(38,39)41-28-5-3-2-4-22(28)18-27-29(35)33-31(37)34(30(27)36)24-12-14-25(15-13-24)40-19-21-8-10-23(32)11-9-21/h2-18H,19H2,1H3,(H,33,35,37)/b27-18+. The van der Waals surface area contributed by atoms with Gasteiger partial charge in [0.2, 0.25) is 0 Å². The number of benzene rings is 4. The summed E-state index contributed by atoms with van der Waals surface area (Å²) >= 11 is 5.91. The number of rotatable bonds is 8. The van der Waals surface area contributed by atoms with Crippen LogP contribution in [0.5, 0.6) is 11.5 Å². The Morgan fingerprint density at radius 1 is 0.857 bits per heavy atom. The van der Waals surface area contributed by atoms with Gasteiger partial charge in [-0.3, -0.25) is 14.9 Å². The van der Waals surface area contributed by atoms with Crippen LogP contribution in [0.25, 0.3) is 6.08 Å². The number of hydrogen-bond acceptors (Lipinski definition) is 7. The second kappa shape index (κ2) is 11.9. The lowest BCUT2D eigenvalue weighted by Gasteiger charge is -2.26. The number of imide groups is 2. The number of nitrogens with one attached hydrogen (secondary N) is 1. The molecule has 5 rings (SSSR count). The van der Waals surface area contributed by atoms with Crippen molar-refractivity contribution in [3.63, 3.8) is 0 Å². The first-order valence-corrected chi connectivity index (χ1v) is 14.4. The Labute approximate surface area is 247 Å². The molecule has 4 amide bonds. The minimum Gasteiger partial charge on any atom is -0.489 e. The maximum atomic E-state index is 13.4. The smallest absolute Gasteiger partial charge is 0.339 e. The van der Waals surface area contributed by atoms with Crippen molar-refractivity contribution in [1.29, 1.82) is 0 Å². The number of nitrogens with zero attached hydrogens (tertiary/aromatic N) is 1. The number of urea groups is 1. The molecular weight excluding hydrogens is 580 g/mol. The molecule has 11 heteroatoms. The van der Waals surface area contributed by atoms with Crippen LogP contribution in [0.2, 0.25) is 5.02 Å². The largest absolute Gasteiger partial charge is 0.489 e. The van der Waals surface area contributed by atoms with Crippen molar-refractivity contribution < 1.29 is 31.7 Å². The van der Waals surface area contributed by atoms with Gasteiger partial charge in [0.25, 0.3) is 11.8 Å². The maximum absolute atomic E-state index is 13.4. The Morgan fingerprint density at radius 2 is 1.52 bits per heavy atom. The minimum atomic E-state index is -4.21. The van der Waals surface area contributed by atoms with E-state index < -0.39 is 28.0 Å². The fraction of sp³-hybridized carbons (Fsp3) is 0.0645. The van der Waals surface area contributed by atoms with Gasteiger partial charge in [-0.25, -0.2) is 9.69 Å². The number of carbonyl (C=O) groups excluding carboxylic acids is 3. The molecule has 1 heterocycles. The molecule has 0 bridgehead atoms. The third-order valence-corrected chi connectivity index (χ3v) is 7.74. The summed E-state index contributed by atoms with van der Waals surface area (Å²) in [6, 6.07) is 24.6. The highest BCUT2D eigenvalue weighted by molar-refractivity contribution is 7.87. The van der Waals surface area contributed by atoms with E-state index in [4.69, 9.17) is 20.5 Å². The van der Waals surface area contributed by atoms with Crippen LogP contribution in [0, 0.1) is 6.92 Å². The average Bonchev–Trinajstić information content (AvgIpc) is 2.96. The average molecular weight is 603 g/mol. The fourth-order valence-electron chi connectivity index (χ4n) is 4.03. The highest BCUT2D eigenvalue weighted by Gasteiger charge is 2.37. The molecule has 1 fully saturated rings. The molecular formula is C31H23ClN2O7S. The zero-order valence-corrected chi connectivity index (χ0v) is 23.7. The molecule has 0 aromatic heterocycles. The third-order valence-electron chi connectivity index (χ3n) is 6.24. The van der Waals surface area contributed by atoms with E-state index >= 15 is 0 Å². The van der Waals surface area contributed by atoms with Gasteiger partial charge in [-0.15, -0.1) is 0 Å². The number of amides is 4. The van der Waals surface area contributed by atoms with Crippen molar-refractivity contribution >= 4 is 51.3 Å². The topological polar surface area (TPSA) is 119 Å². The van der Waals surface area contributed by atoms with Crippen LogP contribution in [0.15, 0.2) is 108 Å². The highest BCUT2D eigenvalue weighted by Crippen LogP contribution is 2.29. The van der Waals surface area contributed by atoms with E-state index in [9.17, 15) is 22.8 Å². The molecule has 1 saturated heterocycles. The molecule has 1 aliphatic heterocycles. The molecule has 1 aliphatic rings. The molecule has 0 atom stereocenters. The van der Waals surface area contributed by atoms with Gasteiger partial charge < -0.3 is 8.92 Å². The van der Waals surface area contributed by atoms with Crippen molar-refractivity contribution in [1.82, 2.24) is 5.32 Å². The first-order valence-electron chi connectivity index (χ1n) is 12.6. The summed E-state index contributed by atoms with van der Waals surface area (Å²) in [5.74, 6) is -1.43. The molecule has 4 aromatic rings. The Bertz CT molecular complexity index is 1800. The first-order chi connectivity index (χ1) is 20.1. The van der Waals surface area contributed by atoms with Crippen LogP contribution < -0.4 is 19.1 Å². The van der Waals surface area contributed by atoms with Crippen molar-refractivity contribution in [2.75, 3.05) is 4.90 Å². The minimum absolute atomic E-state index is 0.0561. The van der Waals surface area contributed by atoms with Crippen LogP contribution >= 0.6 is 11.6 Å². The Balaban J connectivity index is 1.37. The molecule has 0 aliphatic carbocycles. The lowest BCUT2D eigenvalue weighted by Crippen LogP contribution is -2.54. The molecule has 0 unspecified atom stereocenters. The number of ether oxygens (including phenoxy) is 1. The van der Waals surface area contributed by atoms with Gasteiger partial charge in [-0.1, -0.05) is 59.6 Å². The van der Waals surface area contributed by atoms with Gasteiger partial charge in [-0.05, 0) is 73.2 Å². The Kier molecular flexibility index (Phi) is 8.10. The van der Waals surface area contributed by atoms with Gasteiger partial charge in [-0.2, -0.15) is 8.42 Å². The predicted molar refractivity (Wildman–Crippen MR) is 157 cm³/mol. The van der Waals surface area contributed by atoms with Crippen LogP contribution in [0.1, 0.15) is 16.7 Å². The summed E-state index contributed by atoms with van der Waals surface area (Å²) in [7, 11) is -4.21. The normalized spacial score (nSPS) is 14.6. The van der Waals surface area contributed by atoms with Gasteiger partial charge in [0.15, 0.2) is 0 Å². The Hall–Kier alpha value is -4.93. The SMILES string of the molecule is Cc1ccc(S(=O)(=O)Oc2ccccc2/C=C2\C(=O)NC(=O)N(c3ccc(OCc4ccc(Cl)cc4)cc3)C2=O)cc1. The summed E-state index contributed by atoms with van der Waals surface area (Å²) < 4.78 is 36.9. The molecule has 9 nitrogen and oxygen atoms in total. The van der Waals surface area contributed by atoms with Crippen LogP contribution in [-0.2, 0) is 26.3 Å². The Morgan fingerprint density at radius 3 is 2.21 bits per heavy atom. The molecule has 42 heavy (non-hydrogen) atoms. The summed E-state index contributed by atoms with van der Waals surface area (Å²) in [5, 5.41) is 2.76. The van der Waals surface area contributed by atoms with Crippen molar-refractivity contribution in [2.24, 2.45) is 0 Å². The third kappa shape index (κ3) is 6.35. The summed E-state index contributed by atoms with van der Waals surface area (Å²) in [5.41, 5.74) is 1.73. The van der Waals surface area contributed by atoms with E-state index in [2.05, 4.69) is 5.32 Å². The molecule has 4 aromatic carbocycles. The van der Waals surface area contributed by atoms with E-state index in [1.165, 1.54) is 42.5 Å². The van der Waals surface area contributed by atoms with E-state index in [1.807, 2.05) is 19.1 Å². The quantitative estimate of drug-likeness (QED) is 0.157. The second-order valence-corrected chi connectivity index (χ2v) is 11.2. The zero-order valence-electron chi connectivity index (χ0n) is 22.1. The highest BCUT2D eigenvalue weighted by atomic mass is 35.5. The number of barbiturate groups is 1. The van der Waals surface area contributed by atoms with E-state index in [-0.39, 0.29) is 34.1 Å². The van der Waals surface area contributed by atoms with Crippen LogP contribution in [0.4, 0.5) is 10.5 Å². The van der Waals surface area contributed by atoms with E-state index in [0.29, 0.717) is 10.8 Å². The molecule has 212 valence electrons. The van der Waals surface area contributed by atoms with Gasteiger partial charge in [0.1, 0.15) is 28.6 Å². The number of hydrogen-bond donors (Lipinski definition) is 1. The van der Waals surface area contributed by atoms with E-state index in [0.717, 1.165) is 16.0 Å². The number of anilines is 1. The monoisotopic (exact) mass is 602 g/mol.